The number of carbonyl (C=O) groups excluding carboxylic acids is 1. The molecule has 19 heavy (non-hydrogen) atoms. The summed E-state index contributed by atoms with van der Waals surface area (Å²) in [6, 6.07) is 1.86. The molecule has 0 saturated heterocycles. The van der Waals surface area contributed by atoms with Gasteiger partial charge in [-0.2, -0.15) is 0 Å². The minimum Gasteiger partial charge on any atom is -0.492 e. The molecule has 1 aliphatic heterocycles. The standard InChI is InChI=1S/C12H15N3O3S/c1-17-12(16)14-10-5-9-11(19-10)7(2-3-18-9)4-8-6-13-15-8/h5-7,13,15H,2-4H2,1H3,(H,14,16). The molecule has 0 aromatic carbocycles. The van der Waals surface area contributed by atoms with Gasteiger partial charge in [0.05, 0.1) is 18.6 Å². The number of ether oxygens (including phenoxy) is 2. The van der Waals surface area contributed by atoms with E-state index < -0.39 is 6.09 Å². The first-order valence-corrected chi connectivity index (χ1v) is 6.90. The molecule has 7 heteroatoms. The summed E-state index contributed by atoms with van der Waals surface area (Å²) in [6.07, 6.45) is 3.46. The van der Waals surface area contributed by atoms with Crippen molar-refractivity contribution in [3.05, 3.63) is 22.8 Å². The molecule has 1 unspecified atom stereocenters. The third-order valence-electron chi connectivity index (χ3n) is 3.18. The first-order valence-electron chi connectivity index (χ1n) is 6.08. The Hall–Kier alpha value is -1.89. The highest BCUT2D eigenvalue weighted by molar-refractivity contribution is 7.16. The number of amides is 1. The van der Waals surface area contributed by atoms with E-state index in [4.69, 9.17) is 4.74 Å². The van der Waals surface area contributed by atoms with Crippen LogP contribution in [0.3, 0.4) is 0 Å². The van der Waals surface area contributed by atoms with Gasteiger partial charge in [-0.25, -0.2) is 4.79 Å². The number of aromatic nitrogens is 2. The lowest BCUT2D eigenvalue weighted by Gasteiger charge is -2.23. The van der Waals surface area contributed by atoms with Crippen LogP contribution in [0.4, 0.5) is 9.80 Å². The number of rotatable bonds is 3. The number of fused-ring (bicyclic) bond motifs is 1. The Balaban J connectivity index is 1.78. The Morgan fingerprint density at radius 2 is 2.53 bits per heavy atom. The Bertz CT molecular complexity index is 563. The van der Waals surface area contributed by atoms with Gasteiger partial charge in [0.1, 0.15) is 10.8 Å². The highest BCUT2D eigenvalue weighted by Crippen LogP contribution is 2.43. The summed E-state index contributed by atoms with van der Waals surface area (Å²) in [7, 11) is 1.35. The summed E-state index contributed by atoms with van der Waals surface area (Å²) in [4.78, 5) is 12.4. The average Bonchev–Trinajstić information content (AvgIpc) is 2.76. The predicted octanol–water partition coefficient (Wildman–Crippen LogP) is 2.69. The molecule has 0 fully saturated rings. The number of H-pyrrole nitrogens is 2. The van der Waals surface area contributed by atoms with E-state index in [1.54, 1.807) is 11.3 Å². The first-order chi connectivity index (χ1) is 9.26. The van der Waals surface area contributed by atoms with Crippen molar-refractivity contribution in [1.29, 1.82) is 0 Å². The van der Waals surface area contributed by atoms with Gasteiger partial charge in [0.2, 0.25) is 0 Å². The molecule has 1 aliphatic rings. The van der Waals surface area contributed by atoms with E-state index in [-0.39, 0.29) is 0 Å². The molecule has 3 N–H and O–H groups in total. The van der Waals surface area contributed by atoms with Gasteiger partial charge >= 0.3 is 6.09 Å². The SMILES string of the molecule is COC(=O)Nc1cc2c(s1)C(Cc1c[nH][nH]1)CCO2. The van der Waals surface area contributed by atoms with Gasteiger partial charge in [-0.15, -0.1) is 11.3 Å². The highest BCUT2D eigenvalue weighted by atomic mass is 32.1. The number of aromatic amines is 2. The highest BCUT2D eigenvalue weighted by Gasteiger charge is 2.26. The Labute approximate surface area is 114 Å². The zero-order valence-corrected chi connectivity index (χ0v) is 11.3. The third kappa shape index (κ3) is 2.46. The van der Waals surface area contributed by atoms with E-state index in [0.717, 1.165) is 23.6 Å². The predicted molar refractivity (Wildman–Crippen MR) is 72.0 cm³/mol. The number of hydrogen-bond acceptors (Lipinski definition) is 4. The van der Waals surface area contributed by atoms with Crippen LogP contribution >= 0.6 is 11.3 Å². The molecule has 0 bridgehead atoms. The van der Waals surface area contributed by atoms with Crippen molar-refractivity contribution in [3.8, 4) is 5.75 Å². The van der Waals surface area contributed by atoms with Crippen LogP contribution in [0.15, 0.2) is 12.3 Å². The van der Waals surface area contributed by atoms with Crippen molar-refractivity contribution >= 4 is 22.4 Å². The van der Waals surface area contributed by atoms with Crippen LogP contribution in [-0.2, 0) is 11.2 Å². The lowest BCUT2D eigenvalue weighted by molar-refractivity contribution is 0.187. The lowest BCUT2D eigenvalue weighted by atomic mass is 9.96. The van der Waals surface area contributed by atoms with Crippen molar-refractivity contribution in [2.75, 3.05) is 19.0 Å². The smallest absolute Gasteiger partial charge is 0.411 e. The Kier molecular flexibility index (Phi) is 3.20. The Morgan fingerprint density at radius 3 is 3.21 bits per heavy atom. The van der Waals surface area contributed by atoms with E-state index in [1.807, 2.05) is 12.3 Å². The fourth-order valence-electron chi connectivity index (χ4n) is 2.19. The maximum atomic E-state index is 11.2. The summed E-state index contributed by atoms with van der Waals surface area (Å²) in [6.45, 7) is 0.715. The second kappa shape index (κ2) is 5.00. The van der Waals surface area contributed by atoms with Crippen LogP contribution < -0.4 is 10.1 Å². The van der Waals surface area contributed by atoms with E-state index in [2.05, 4.69) is 20.3 Å². The normalized spacial score (nSPS) is 17.6. The maximum absolute atomic E-state index is 11.2. The minimum absolute atomic E-state index is 0.433. The monoisotopic (exact) mass is 281 g/mol. The fraction of sp³-hybridized carbons (Fsp3) is 0.417. The quantitative estimate of drug-likeness (QED) is 0.809. The van der Waals surface area contributed by atoms with Crippen LogP contribution in [0.1, 0.15) is 22.9 Å². The fourth-order valence-corrected chi connectivity index (χ4v) is 3.31. The van der Waals surface area contributed by atoms with Crippen molar-refractivity contribution < 1.29 is 14.3 Å². The lowest BCUT2D eigenvalue weighted by Crippen LogP contribution is -2.15. The molecular formula is C12H15N3O3S. The third-order valence-corrected chi connectivity index (χ3v) is 4.37. The van der Waals surface area contributed by atoms with Crippen LogP contribution in [0.5, 0.6) is 5.75 Å². The van der Waals surface area contributed by atoms with E-state index >= 15 is 0 Å². The van der Waals surface area contributed by atoms with Gasteiger partial charge in [-0.1, -0.05) is 0 Å². The number of anilines is 1. The van der Waals surface area contributed by atoms with Crippen LogP contribution in [0.2, 0.25) is 0 Å². The molecule has 6 nitrogen and oxygen atoms in total. The number of hydrogen-bond donors (Lipinski definition) is 3. The molecule has 0 spiro atoms. The first kappa shape index (κ1) is 12.2. The number of methoxy groups -OCH3 is 1. The van der Waals surface area contributed by atoms with Crippen molar-refractivity contribution in [3.63, 3.8) is 0 Å². The second-order valence-corrected chi connectivity index (χ2v) is 5.52. The molecule has 1 atom stereocenters. The van der Waals surface area contributed by atoms with Gasteiger partial charge in [-0.05, 0) is 12.8 Å². The van der Waals surface area contributed by atoms with Gasteiger partial charge in [0, 0.05) is 23.9 Å². The molecule has 3 heterocycles. The minimum atomic E-state index is -0.456. The van der Waals surface area contributed by atoms with E-state index in [1.165, 1.54) is 17.7 Å². The zero-order chi connectivity index (χ0) is 13.2. The number of carbonyl (C=O) groups is 1. The summed E-state index contributed by atoms with van der Waals surface area (Å²) in [5.41, 5.74) is 1.20. The molecule has 102 valence electrons. The topological polar surface area (TPSA) is 79.1 Å². The van der Waals surface area contributed by atoms with Crippen molar-refractivity contribution in [2.24, 2.45) is 0 Å². The van der Waals surface area contributed by atoms with E-state index in [9.17, 15) is 4.79 Å². The molecule has 2 aromatic heterocycles. The Morgan fingerprint density at radius 1 is 1.68 bits per heavy atom. The molecule has 0 aliphatic carbocycles. The van der Waals surface area contributed by atoms with Crippen molar-refractivity contribution in [1.82, 2.24) is 10.2 Å². The van der Waals surface area contributed by atoms with Gasteiger partial charge in [0.25, 0.3) is 0 Å². The second-order valence-electron chi connectivity index (χ2n) is 4.43. The molecule has 0 saturated carbocycles. The average molecular weight is 281 g/mol. The number of nitrogens with one attached hydrogen (secondary N) is 3. The van der Waals surface area contributed by atoms with Crippen LogP contribution in [0.25, 0.3) is 0 Å². The summed E-state index contributed by atoms with van der Waals surface area (Å²) >= 11 is 1.55. The maximum Gasteiger partial charge on any atom is 0.411 e. The molecule has 0 radical (unpaired) electrons. The van der Waals surface area contributed by atoms with E-state index in [0.29, 0.717) is 12.5 Å². The van der Waals surface area contributed by atoms with Crippen LogP contribution in [0, 0.1) is 0 Å². The van der Waals surface area contributed by atoms with Crippen molar-refractivity contribution in [2.45, 2.75) is 18.8 Å². The molecule has 1 amide bonds. The molecule has 3 rings (SSSR count). The zero-order valence-electron chi connectivity index (χ0n) is 10.5. The van der Waals surface area contributed by atoms with Gasteiger partial charge in [0.15, 0.2) is 0 Å². The summed E-state index contributed by atoms with van der Waals surface area (Å²) in [5.74, 6) is 1.31. The van der Waals surface area contributed by atoms with Crippen LogP contribution in [-0.4, -0.2) is 30.0 Å². The largest absolute Gasteiger partial charge is 0.492 e. The summed E-state index contributed by atoms with van der Waals surface area (Å²) < 4.78 is 10.2. The van der Waals surface area contributed by atoms with Gasteiger partial charge < -0.3 is 19.7 Å². The molecule has 2 aromatic rings. The summed E-state index contributed by atoms with van der Waals surface area (Å²) in [5, 5.41) is 9.40. The number of thiophene rings is 1. The van der Waals surface area contributed by atoms with Gasteiger partial charge in [-0.3, -0.25) is 5.32 Å². The molecular weight excluding hydrogens is 266 g/mol.